The molecule has 2 bridgehead atoms. The summed E-state index contributed by atoms with van der Waals surface area (Å²) >= 11 is 0. The molecule has 0 radical (unpaired) electrons. The summed E-state index contributed by atoms with van der Waals surface area (Å²) in [5, 5.41) is 10.9. The fourth-order valence-corrected chi connectivity index (χ4v) is 5.55. The highest BCUT2D eigenvalue weighted by Crippen LogP contribution is 2.54. The Hall–Kier alpha value is -2.29. The predicted octanol–water partition coefficient (Wildman–Crippen LogP) is 4.59. The Morgan fingerprint density at radius 2 is 1.97 bits per heavy atom. The molecule has 0 spiro atoms. The summed E-state index contributed by atoms with van der Waals surface area (Å²) in [6.45, 7) is 5.15. The molecule has 1 saturated carbocycles. The first kappa shape index (κ1) is 25.3. The van der Waals surface area contributed by atoms with Gasteiger partial charge in [0.05, 0.1) is 0 Å². The first-order chi connectivity index (χ1) is 15.5. The van der Waals surface area contributed by atoms with Gasteiger partial charge in [0.1, 0.15) is 5.75 Å². The van der Waals surface area contributed by atoms with Gasteiger partial charge in [-0.15, -0.1) is 0 Å². The van der Waals surface area contributed by atoms with Gasteiger partial charge in [0.2, 0.25) is 6.79 Å². The highest BCUT2D eigenvalue weighted by molar-refractivity contribution is 5.73. The molecule has 3 atom stereocenters. The number of fused-ring (bicyclic) bond motifs is 1. The van der Waals surface area contributed by atoms with E-state index in [-0.39, 0.29) is 12.8 Å². The minimum absolute atomic E-state index is 0.00491. The molecule has 0 aromatic heterocycles. The van der Waals surface area contributed by atoms with Crippen LogP contribution >= 0.6 is 0 Å². The third kappa shape index (κ3) is 5.99. The predicted molar refractivity (Wildman–Crippen MR) is 115 cm³/mol. The Labute approximate surface area is 191 Å². The van der Waals surface area contributed by atoms with E-state index in [1.165, 1.54) is 43.2 Å². The zero-order chi connectivity index (χ0) is 24.2. The summed E-state index contributed by atoms with van der Waals surface area (Å²) in [5.74, 6) is -1.05. The molecular weight excluding hydrogens is 439 g/mol. The van der Waals surface area contributed by atoms with Crippen LogP contribution in [0.5, 0.6) is 5.75 Å². The molecule has 1 saturated heterocycles. The third-order valence-corrected chi connectivity index (χ3v) is 6.88. The summed E-state index contributed by atoms with van der Waals surface area (Å²) in [4.78, 5) is 20.6. The largest absolute Gasteiger partial charge is 0.490 e. The van der Waals surface area contributed by atoms with Gasteiger partial charge in [-0.1, -0.05) is 32.8 Å². The molecule has 4 rings (SSSR count). The second-order valence-electron chi connectivity index (χ2n) is 9.52. The summed E-state index contributed by atoms with van der Waals surface area (Å²) in [5.41, 5.74) is 3.31. The molecule has 0 amide bonds. The fraction of sp³-hybridized carbons (Fsp3) is 0.667. The van der Waals surface area contributed by atoms with Crippen molar-refractivity contribution in [2.24, 2.45) is 11.8 Å². The van der Waals surface area contributed by atoms with Crippen LogP contribution in [0.4, 0.5) is 13.2 Å². The van der Waals surface area contributed by atoms with E-state index in [9.17, 15) is 18.0 Å². The highest BCUT2D eigenvalue weighted by Gasteiger charge is 2.51. The molecule has 6 nitrogen and oxygen atoms in total. The number of hydrogen-bond donors (Lipinski definition) is 2. The monoisotopic (exact) mass is 471 g/mol. The Morgan fingerprint density at radius 1 is 1.24 bits per heavy atom. The van der Waals surface area contributed by atoms with Crippen LogP contribution in [-0.2, 0) is 26.2 Å². The number of carboxylic acids is 1. The number of ether oxygens (including phenoxy) is 2. The third-order valence-electron chi connectivity index (χ3n) is 6.88. The quantitative estimate of drug-likeness (QED) is 0.483. The van der Waals surface area contributed by atoms with E-state index in [1.54, 1.807) is 0 Å². The van der Waals surface area contributed by atoms with Crippen molar-refractivity contribution in [1.29, 1.82) is 0 Å². The Morgan fingerprint density at radius 3 is 2.64 bits per heavy atom. The van der Waals surface area contributed by atoms with Gasteiger partial charge >= 0.3 is 18.1 Å². The smallest absolute Gasteiger partial charge is 0.475 e. The lowest BCUT2D eigenvalue weighted by Crippen LogP contribution is -2.59. The van der Waals surface area contributed by atoms with Crippen LogP contribution in [0.15, 0.2) is 18.2 Å². The molecule has 1 aliphatic heterocycles. The number of hydrogen-bond acceptors (Lipinski definition) is 5. The van der Waals surface area contributed by atoms with E-state index in [0.717, 1.165) is 24.6 Å². The lowest BCUT2D eigenvalue weighted by atomic mass is 9.53. The van der Waals surface area contributed by atoms with Crippen LogP contribution in [0.25, 0.3) is 0 Å². The van der Waals surface area contributed by atoms with Gasteiger partial charge in [-0.25, -0.2) is 4.79 Å². The molecule has 3 aliphatic rings. The van der Waals surface area contributed by atoms with Crippen LogP contribution in [-0.4, -0.2) is 42.6 Å². The number of alkyl halides is 3. The van der Waals surface area contributed by atoms with Crippen molar-refractivity contribution in [3.63, 3.8) is 0 Å². The maximum Gasteiger partial charge on any atom is 0.490 e. The fourth-order valence-electron chi connectivity index (χ4n) is 5.55. The number of halogens is 3. The van der Waals surface area contributed by atoms with E-state index in [2.05, 4.69) is 17.4 Å². The van der Waals surface area contributed by atoms with Crippen LogP contribution < -0.4 is 10.1 Å². The van der Waals surface area contributed by atoms with E-state index in [4.69, 9.17) is 19.4 Å². The molecular formula is C24H32F3NO5. The number of carbonyl (C=O) groups is 2. The number of esters is 1. The molecule has 9 heteroatoms. The van der Waals surface area contributed by atoms with Gasteiger partial charge in [-0.05, 0) is 67.3 Å². The van der Waals surface area contributed by atoms with Gasteiger partial charge < -0.3 is 19.9 Å². The van der Waals surface area contributed by atoms with Gasteiger partial charge in [0.15, 0.2) is 0 Å². The number of carbonyl (C=O) groups excluding carboxylic acids is 1. The second-order valence-corrected chi connectivity index (χ2v) is 9.52. The first-order valence-corrected chi connectivity index (χ1v) is 11.5. The van der Waals surface area contributed by atoms with Crippen molar-refractivity contribution < 1.29 is 37.3 Å². The Balaban J connectivity index is 0.000000383. The van der Waals surface area contributed by atoms with Crippen molar-refractivity contribution in [2.75, 3.05) is 13.3 Å². The van der Waals surface area contributed by atoms with Gasteiger partial charge in [-0.2, -0.15) is 13.2 Å². The number of rotatable bonds is 5. The summed E-state index contributed by atoms with van der Waals surface area (Å²) in [6.07, 6.45) is 3.05. The molecule has 2 aliphatic carbocycles. The average Bonchev–Trinajstić information content (AvgIpc) is 2.73. The second kappa shape index (κ2) is 10.3. The molecule has 184 valence electrons. The van der Waals surface area contributed by atoms with Crippen molar-refractivity contribution in [1.82, 2.24) is 5.32 Å². The molecule has 1 heterocycles. The summed E-state index contributed by atoms with van der Waals surface area (Å²) in [7, 11) is 0. The lowest BCUT2D eigenvalue weighted by molar-refractivity contribution is -0.192. The topological polar surface area (TPSA) is 84.9 Å². The van der Waals surface area contributed by atoms with E-state index < -0.39 is 12.1 Å². The zero-order valence-electron chi connectivity index (χ0n) is 19.0. The molecule has 0 unspecified atom stereocenters. The molecule has 2 fully saturated rings. The van der Waals surface area contributed by atoms with Gasteiger partial charge in [0.25, 0.3) is 0 Å². The van der Waals surface area contributed by atoms with Crippen molar-refractivity contribution in [3.8, 4) is 5.75 Å². The Bertz CT molecular complexity index is 853. The van der Waals surface area contributed by atoms with Crippen LogP contribution in [0.3, 0.4) is 0 Å². The zero-order valence-corrected chi connectivity index (χ0v) is 19.0. The average molecular weight is 472 g/mol. The molecule has 1 aromatic rings. The maximum atomic E-state index is 11.7. The number of benzene rings is 1. The molecule has 2 N–H and O–H groups in total. The van der Waals surface area contributed by atoms with Gasteiger partial charge in [-0.3, -0.25) is 4.79 Å². The minimum Gasteiger partial charge on any atom is -0.475 e. The number of piperidine rings is 1. The molecule has 33 heavy (non-hydrogen) atoms. The Kier molecular flexibility index (Phi) is 7.92. The van der Waals surface area contributed by atoms with Crippen LogP contribution in [0, 0.1) is 11.8 Å². The minimum atomic E-state index is -5.08. The number of carboxylic acid groups (broad SMARTS) is 1. The molecule has 1 aromatic carbocycles. The number of aliphatic carboxylic acids is 1. The van der Waals surface area contributed by atoms with Crippen molar-refractivity contribution in [2.45, 2.75) is 76.4 Å². The summed E-state index contributed by atoms with van der Waals surface area (Å²) in [6, 6.07) is 7.14. The van der Waals surface area contributed by atoms with Crippen LogP contribution in [0.1, 0.15) is 63.5 Å². The standard InChI is InChI=1S/C22H31NO3.C2HF3O2/c1-15(2)11-21(24)26-14-25-17-7-6-16-12-20-18-5-3-4-8-22(18,9-10-23-20)19(16)13-17;3-2(4,5)1(6)7/h6-7,13,15,18,20,23H,3-5,8-12,14H2,1-2H3;(H,6,7)/t18-,20+,22-;/m1./s1. The maximum absolute atomic E-state index is 11.7. The summed E-state index contributed by atoms with van der Waals surface area (Å²) < 4.78 is 42.7. The number of nitrogens with one attached hydrogen (secondary N) is 1. The normalized spacial score (nSPS) is 25.8. The van der Waals surface area contributed by atoms with Crippen molar-refractivity contribution in [3.05, 3.63) is 29.3 Å². The highest BCUT2D eigenvalue weighted by atomic mass is 19.4. The SMILES string of the molecule is CC(C)CC(=O)OCOc1ccc2c(c1)[C@@]13CCCC[C@@H]1[C@H](C2)NCC3.O=C(O)C(F)(F)F. The van der Waals surface area contributed by atoms with E-state index >= 15 is 0 Å². The lowest BCUT2D eigenvalue weighted by Gasteiger charge is -2.56. The van der Waals surface area contributed by atoms with E-state index in [0.29, 0.717) is 23.8 Å². The van der Waals surface area contributed by atoms with Crippen molar-refractivity contribution >= 4 is 11.9 Å². The van der Waals surface area contributed by atoms with Gasteiger partial charge in [0, 0.05) is 17.9 Å². The van der Waals surface area contributed by atoms with Crippen LogP contribution in [0.2, 0.25) is 0 Å². The van der Waals surface area contributed by atoms with E-state index in [1.807, 2.05) is 19.9 Å². The first-order valence-electron chi connectivity index (χ1n) is 11.5.